The second-order valence-electron chi connectivity index (χ2n) is 2.19. The van der Waals surface area contributed by atoms with Gasteiger partial charge >= 0.3 is 5.69 Å². The van der Waals surface area contributed by atoms with Crippen LogP contribution in [-0.4, -0.2) is 9.49 Å². The SMILES string of the molecule is Cn1ccc(=O)c([N+](=O)[O-])c1Br. The van der Waals surface area contributed by atoms with Gasteiger partial charge in [-0.15, -0.1) is 0 Å². The Kier molecular flexibility index (Phi) is 2.27. The summed E-state index contributed by atoms with van der Waals surface area (Å²) in [5.41, 5.74) is -1.02. The molecule has 0 fully saturated rings. The Morgan fingerprint density at radius 1 is 1.67 bits per heavy atom. The number of hydrogen-bond donors (Lipinski definition) is 0. The maximum atomic E-state index is 10.9. The third-order valence-corrected chi connectivity index (χ3v) is 2.31. The molecular weight excluding hydrogens is 228 g/mol. The van der Waals surface area contributed by atoms with E-state index >= 15 is 0 Å². The molecular formula is C6H5BrN2O3. The highest BCUT2D eigenvalue weighted by molar-refractivity contribution is 9.10. The second-order valence-corrected chi connectivity index (χ2v) is 2.94. The first-order valence-electron chi connectivity index (χ1n) is 3.03. The number of hydrogen-bond acceptors (Lipinski definition) is 3. The Labute approximate surface area is 75.9 Å². The van der Waals surface area contributed by atoms with Crippen LogP contribution in [0.2, 0.25) is 0 Å². The molecule has 0 saturated heterocycles. The normalized spacial score (nSPS) is 9.83. The van der Waals surface area contributed by atoms with Gasteiger partial charge in [-0.25, -0.2) is 0 Å². The largest absolute Gasteiger partial charge is 0.346 e. The lowest BCUT2D eigenvalue weighted by Gasteiger charge is -2.00. The Morgan fingerprint density at radius 3 is 2.67 bits per heavy atom. The van der Waals surface area contributed by atoms with E-state index in [1.54, 1.807) is 7.05 Å². The van der Waals surface area contributed by atoms with E-state index in [4.69, 9.17) is 0 Å². The summed E-state index contributed by atoms with van der Waals surface area (Å²) in [4.78, 5) is 20.6. The first kappa shape index (κ1) is 8.92. The fourth-order valence-electron chi connectivity index (χ4n) is 0.758. The minimum Gasteiger partial charge on any atom is -0.340 e. The zero-order chi connectivity index (χ0) is 9.30. The van der Waals surface area contributed by atoms with Gasteiger partial charge in [-0.3, -0.25) is 14.9 Å². The van der Waals surface area contributed by atoms with Gasteiger partial charge in [0.2, 0.25) is 0 Å². The molecule has 0 aromatic carbocycles. The maximum absolute atomic E-state index is 10.9. The van der Waals surface area contributed by atoms with E-state index in [0.29, 0.717) is 0 Å². The van der Waals surface area contributed by atoms with Gasteiger partial charge in [0, 0.05) is 19.3 Å². The topological polar surface area (TPSA) is 65.1 Å². The highest BCUT2D eigenvalue weighted by atomic mass is 79.9. The number of pyridine rings is 1. The highest BCUT2D eigenvalue weighted by Gasteiger charge is 2.17. The number of halogens is 1. The lowest BCUT2D eigenvalue weighted by atomic mass is 10.4. The first-order chi connectivity index (χ1) is 5.54. The van der Waals surface area contributed by atoms with Gasteiger partial charge in [-0.2, -0.15) is 0 Å². The molecule has 1 aromatic rings. The molecule has 0 spiro atoms. The summed E-state index contributed by atoms with van der Waals surface area (Å²) in [7, 11) is 1.61. The van der Waals surface area contributed by atoms with Crippen LogP contribution in [0.15, 0.2) is 21.7 Å². The summed E-state index contributed by atoms with van der Waals surface area (Å²) in [6.07, 6.45) is 1.46. The number of nitro groups is 1. The van der Waals surface area contributed by atoms with Crippen LogP contribution in [0.5, 0.6) is 0 Å². The minimum absolute atomic E-state index is 0.181. The van der Waals surface area contributed by atoms with Crippen molar-refractivity contribution in [3.05, 3.63) is 37.2 Å². The van der Waals surface area contributed by atoms with Crippen LogP contribution in [0.25, 0.3) is 0 Å². The lowest BCUT2D eigenvalue weighted by Crippen LogP contribution is -2.11. The van der Waals surface area contributed by atoms with Crippen LogP contribution in [0, 0.1) is 10.1 Å². The third-order valence-electron chi connectivity index (χ3n) is 1.37. The molecule has 6 heteroatoms. The Balaban J connectivity index is 3.54. The van der Waals surface area contributed by atoms with Gasteiger partial charge in [-0.1, -0.05) is 0 Å². The van der Waals surface area contributed by atoms with E-state index in [1.807, 2.05) is 0 Å². The molecule has 0 N–H and O–H groups in total. The molecule has 0 saturated carbocycles. The molecule has 1 aromatic heterocycles. The lowest BCUT2D eigenvalue weighted by molar-refractivity contribution is -0.387. The Bertz CT molecular complexity index is 385. The molecule has 0 bridgehead atoms. The van der Waals surface area contributed by atoms with Crippen molar-refractivity contribution in [2.75, 3.05) is 0 Å². The summed E-state index contributed by atoms with van der Waals surface area (Å²) in [5, 5.41) is 10.4. The van der Waals surface area contributed by atoms with Gasteiger partial charge in [0.05, 0.1) is 4.92 Å². The first-order valence-corrected chi connectivity index (χ1v) is 3.83. The number of rotatable bonds is 1. The molecule has 12 heavy (non-hydrogen) atoms. The van der Waals surface area contributed by atoms with Gasteiger partial charge in [0.1, 0.15) is 0 Å². The van der Waals surface area contributed by atoms with Crippen molar-refractivity contribution in [2.24, 2.45) is 7.05 Å². The van der Waals surface area contributed by atoms with Crippen LogP contribution in [0.3, 0.4) is 0 Å². The van der Waals surface area contributed by atoms with Crippen LogP contribution < -0.4 is 5.43 Å². The van der Waals surface area contributed by atoms with E-state index in [1.165, 1.54) is 10.8 Å². The molecule has 1 rings (SSSR count). The second kappa shape index (κ2) is 3.06. The predicted molar refractivity (Wildman–Crippen MR) is 46.0 cm³/mol. The predicted octanol–water partition coefficient (Wildman–Crippen LogP) is 1.06. The number of aryl methyl sites for hydroxylation is 1. The molecule has 1 heterocycles. The standard InChI is InChI=1S/C6H5BrN2O3/c1-8-3-2-4(10)5(6(8)7)9(11)12/h2-3H,1H3. The van der Waals surface area contributed by atoms with E-state index in [-0.39, 0.29) is 4.60 Å². The van der Waals surface area contributed by atoms with Crippen molar-refractivity contribution in [2.45, 2.75) is 0 Å². The fourth-order valence-corrected chi connectivity index (χ4v) is 1.22. The summed E-state index contributed by atoms with van der Waals surface area (Å²) in [6, 6.07) is 1.16. The van der Waals surface area contributed by atoms with Crippen LogP contribution in [0.1, 0.15) is 0 Å². The molecule has 0 aliphatic rings. The van der Waals surface area contributed by atoms with Crippen LogP contribution >= 0.6 is 15.9 Å². The number of nitrogens with zero attached hydrogens (tertiary/aromatic N) is 2. The van der Waals surface area contributed by atoms with Crippen molar-refractivity contribution in [3.63, 3.8) is 0 Å². The minimum atomic E-state index is -0.702. The Hall–Kier alpha value is -1.17. The van der Waals surface area contributed by atoms with E-state index < -0.39 is 16.0 Å². The van der Waals surface area contributed by atoms with Crippen molar-refractivity contribution in [1.82, 2.24) is 4.57 Å². The monoisotopic (exact) mass is 232 g/mol. The van der Waals surface area contributed by atoms with Crippen LogP contribution in [-0.2, 0) is 7.05 Å². The maximum Gasteiger partial charge on any atom is 0.346 e. The summed E-state index contributed by atoms with van der Waals surface area (Å²) in [6.45, 7) is 0. The molecule has 0 radical (unpaired) electrons. The number of aromatic nitrogens is 1. The van der Waals surface area contributed by atoms with E-state index in [0.717, 1.165) is 6.07 Å². The van der Waals surface area contributed by atoms with Crippen molar-refractivity contribution >= 4 is 21.6 Å². The van der Waals surface area contributed by atoms with Crippen LogP contribution in [0.4, 0.5) is 5.69 Å². The molecule has 5 nitrogen and oxygen atoms in total. The fraction of sp³-hybridized carbons (Fsp3) is 0.167. The summed E-state index contributed by atoms with van der Waals surface area (Å²) < 4.78 is 1.64. The average Bonchev–Trinajstić information content (AvgIpc) is 1.97. The summed E-state index contributed by atoms with van der Waals surface area (Å²) >= 11 is 2.95. The van der Waals surface area contributed by atoms with Crippen molar-refractivity contribution in [3.8, 4) is 0 Å². The summed E-state index contributed by atoms with van der Waals surface area (Å²) in [5.74, 6) is 0. The molecule has 0 amide bonds. The highest BCUT2D eigenvalue weighted by Crippen LogP contribution is 2.18. The third kappa shape index (κ3) is 1.38. The van der Waals surface area contributed by atoms with Gasteiger partial charge in [0.15, 0.2) is 4.60 Å². The zero-order valence-corrected chi connectivity index (χ0v) is 7.74. The molecule has 0 aliphatic carbocycles. The van der Waals surface area contributed by atoms with Gasteiger partial charge in [0.25, 0.3) is 5.43 Å². The average molecular weight is 233 g/mol. The molecule has 0 aliphatic heterocycles. The quantitative estimate of drug-likeness (QED) is 0.413. The van der Waals surface area contributed by atoms with Gasteiger partial charge < -0.3 is 4.57 Å². The van der Waals surface area contributed by atoms with Crippen molar-refractivity contribution in [1.29, 1.82) is 0 Å². The molecule has 0 unspecified atom stereocenters. The molecule has 64 valence electrons. The van der Waals surface area contributed by atoms with E-state index in [9.17, 15) is 14.9 Å². The van der Waals surface area contributed by atoms with Crippen molar-refractivity contribution < 1.29 is 4.92 Å². The van der Waals surface area contributed by atoms with Gasteiger partial charge in [-0.05, 0) is 15.9 Å². The molecule has 0 atom stereocenters. The smallest absolute Gasteiger partial charge is 0.340 e. The van der Waals surface area contributed by atoms with E-state index in [2.05, 4.69) is 15.9 Å². The Morgan fingerprint density at radius 2 is 2.25 bits per heavy atom. The zero-order valence-electron chi connectivity index (χ0n) is 6.15.